The average Bonchev–Trinajstić information content (AvgIpc) is 3.09. The van der Waals surface area contributed by atoms with Crippen molar-refractivity contribution in [2.24, 2.45) is 11.7 Å². The molecule has 2 heterocycles. The molecule has 1 fully saturated rings. The Bertz CT molecular complexity index is 635. The van der Waals surface area contributed by atoms with Gasteiger partial charge in [0.05, 0.1) is 22.0 Å². The molecule has 0 radical (unpaired) electrons. The van der Waals surface area contributed by atoms with Crippen LogP contribution in [0, 0.1) is 12.8 Å². The van der Waals surface area contributed by atoms with Crippen LogP contribution in [0.3, 0.4) is 0 Å². The second kappa shape index (κ2) is 5.95. The number of aromatic nitrogens is 1. The molecule has 4 nitrogen and oxygen atoms in total. The van der Waals surface area contributed by atoms with E-state index in [0.29, 0.717) is 0 Å². The van der Waals surface area contributed by atoms with E-state index in [-0.39, 0.29) is 11.8 Å². The SMILES string of the molecule is Cc1ncsc1-c1ccc(CN2CCC(C(N)=O)C2)cc1. The van der Waals surface area contributed by atoms with Gasteiger partial charge in [-0.25, -0.2) is 4.98 Å². The van der Waals surface area contributed by atoms with Crippen molar-refractivity contribution in [2.45, 2.75) is 19.9 Å². The van der Waals surface area contributed by atoms with Crippen molar-refractivity contribution >= 4 is 17.2 Å². The van der Waals surface area contributed by atoms with E-state index in [4.69, 9.17) is 5.73 Å². The standard InChI is InChI=1S/C16H19N3OS/c1-11-15(21-10-18-11)13-4-2-12(3-5-13)8-19-7-6-14(9-19)16(17)20/h2-5,10,14H,6-9H2,1H3,(H2,17,20). The molecule has 2 N–H and O–H groups in total. The number of hydrogen-bond donors (Lipinski definition) is 1. The highest BCUT2D eigenvalue weighted by molar-refractivity contribution is 7.13. The summed E-state index contributed by atoms with van der Waals surface area (Å²) in [4.78, 5) is 19.0. The molecule has 1 saturated heterocycles. The van der Waals surface area contributed by atoms with Gasteiger partial charge in [0.15, 0.2) is 0 Å². The van der Waals surface area contributed by atoms with Gasteiger partial charge in [-0.3, -0.25) is 9.69 Å². The Labute approximate surface area is 128 Å². The molecule has 2 aromatic rings. The number of thiazole rings is 1. The summed E-state index contributed by atoms with van der Waals surface area (Å²) in [5.74, 6) is -0.155. The number of carbonyl (C=O) groups is 1. The maximum atomic E-state index is 11.2. The zero-order chi connectivity index (χ0) is 14.8. The van der Waals surface area contributed by atoms with Gasteiger partial charge in [0.1, 0.15) is 0 Å². The minimum atomic E-state index is -0.173. The van der Waals surface area contributed by atoms with Crippen LogP contribution in [0.2, 0.25) is 0 Å². The Morgan fingerprint density at radius 1 is 1.43 bits per heavy atom. The van der Waals surface area contributed by atoms with Gasteiger partial charge in [-0.05, 0) is 31.0 Å². The zero-order valence-corrected chi connectivity index (χ0v) is 12.9. The lowest BCUT2D eigenvalue weighted by Gasteiger charge is -2.15. The molecule has 1 amide bonds. The number of rotatable bonds is 4. The molecule has 21 heavy (non-hydrogen) atoms. The van der Waals surface area contributed by atoms with Gasteiger partial charge >= 0.3 is 0 Å². The van der Waals surface area contributed by atoms with Crippen molar-refractivity contribution in [1.29, 1.82) is 0 Å². The second-order valence-electron chi connectivity index (χ2n) is 5.59. The zero-order valence-electron chi connectivity index (χ0n) is 12.1. The topological polar surface area (TPSA) is 59.2 Å². The molecule has 5 heteroatoms. The number of hydrogen-bond acceptors (Lipinski definition) is 4. The summed E-state index contributed by atoms with van der Waals surface area (Å²) in [6.07, 6.45) is 0.882. The van der Waals surface area contributed by atoms with Gasteiger partial charge in [0.25, 0.3) is 0 Å². The van der Waals surface area contributed by atoms with Crippen LogP contribution in [0.1, 0.15) is 17.7 Å². The Balaban J connectivity index is 1.66. The molecule has 1 unspecified atom stereocenters. The van der Waals surface area contributed by atoms with E-state index >= 15 is 0 Å². The second-order valence-corrected chi connectivity index (χ2v) is 6.44. The van der Waals surface area contributed by atoms with Gasteiger partial charge in [-0.2, -0.15) is 0 Å². The molecule has 0 saturated carbocycles. The molecule has 0 spiro atoms. The lowest BCUT2D eigenvalue weighted by molar-refractivity contribution is -0.121. The third-order valence-corrected chi connectivity index (χ3v) is 5.02. The first kappa shape index (κ1) is 14.2. The Morgan fingerprint density at radius 2 is 2.19 bits per heavy atom. The smallest absolute Gasteiger partial charge is 0.221 e. The van der Waals surface area contributed by atoms with Crippen molar-refractivity contribution in [3.05, 3.63) is 41.0 Å². The van der Waals surface area contributed by atoms with Gasteiger partial charge in [0.2, 0.25) is 5.91 Å². The molecule has 1 aliphatic heterocycles. The molecule has 1 aromatic heterocycles. The summed E-state index contributed by atoms with van der Waals surface area (Å²) in [5, 5.41) is 0. The molecule has 110 valence electrons. The van der Waals surface area contributed by atoms with E-state index < -0.39 is 0 Å². The van der Waals surface area contributed by atoms with Crippen LogP contribution < -0.4 is 5.73 Å². The fourth-order valence-corrected chi connectivity index (χ4v) is 3.62. The van der Waals surface area contributed by atoms with Crippen LogP contribution in [-0.4, -0.2) is 28.9 Å². The minimum Gasteiger partial charge on any atom is -0.369 e. The number of likely N-dealkylation sites (tertiary alicyclic amines) is 1. The van der Waals surface area contributed by atoms with Crippen molar-refractivity contribution in [1.82, 2.24) is 9.88 Å². The van der Waals surface area contributed by atoms with E-state index in [1.54, 1.807) is 11.3 Å². The van der Waals surface area contributed by atoms with Gasteiger partial charge in [-0.1, -0.05) is 24.3 Å². The molecule has 1 aliphatic rings. The predicted molar refractivity (Wildman–Crippen MR) is 84.9 cm³/mol. The van der Waals surface area contributed by atoms with Crippen molar-refractivity contribution in [2.75, 3.05) is 13.1 Å². The van der Waals surface area contributed by atoms with Crippen LogP contribution in [0.25, 0.3) is 10.4 Å². The molecule has 0 bridgehead atoms. The minimum absolute atomic E-state index is 0.0177. The third kappa shape index (κ3) is 3.14. The van der Waals surface area contributed by atoms with Crippen molar-refractivity contribution < 1.29 is 4.79 Å². The van der Waals surface area contributed by atoms with Gasteiger partial charge < -0.3 is 5.73 Å². The number of carbonyl (C=O) groups excluding carboxylic acids is 1. The Hall–Kier alpha value is -1.72. The molecular weight excluding hydrogens is 282 g/mol. The van der Waals surface area contributed by atoms with E-state index in [1.807, 2.05) is 12.4 Å². The summed E-state index contributed by atoms with van der Waals surface area (Å²) in [5.41, 5.74) is 10.8. The van der Waals surface area contributed by atoms with Crippen LogP contribution in [0.15, 0.2) is 29.8 Å². The Kier molecular flexibility index (Phi) is 4.03. The van der Waals surface area contributed by atoms with Crippen LogP contribution in [-0.2, 0) is 11.3 Å². The van der Waals surface area contributed by atoms with Gasteiger partial charge in [-0.15, -0.1) is 11.3 Å². The highest BCUT2D eigenvalue weighted by atomic mass is 32.1. The first-order chi connectivity index (χ1) is 10.1. The fourth-order valence-electron chi connectivity index (χ4n) is 2.81. The number of primary amides is 1. The third-order valence-electron chi connectivity index (χ3n) is 4.04. The molecule has 1 atom stereocenters. The molecular formula is C16H19N3OS. The predicted octanol–water partition coefficient (Wildman–Crippen LogP) is 2.43. The lowest BCUT2D eigenvalue weighted by Crippen LogP contribution is -2.27. The summed E-state index contributed by atoms with van der Waals surface area (Å²) in [6.45, 7) is 4.65. The summed E-state index contributed by atoms with van der Waals surface area (Å²) >= 11 is 1.67. The fraction of sp³-hybridized carbons (Fsp3) is 0.375. The van der Waals surface area contributed by atoms with Crippen molar-refractivity contribution in [3.63, 3.8) is 0 Å². The number of amides is 1. The van der Waals surface area contributed by atoms with Gasteiger partial charge in [0, 0.05) is 13.1 Å². The molecule has 3 rings (SSSR count). The van der Waals surface area contributed by atoms with Crippen LogP contribution >= 0.6 is 11.3 Å². The van der Waals surface area contributed by atoms with E-state index in [9.17, 15) is 4.79 Å². The lowest BCUT2D eigenvalue weighted by atomic mass is 10.1. The summed E-state index contributed by atoms with van der Waals surface area (Å²) in [6, 6.07) is 8.62. The normalized spacial score (nSPS) is 19.0. The quantitative estimate of drug-likeness (QED) is 0.943. The maximum Gasteiger partial charge on any atom is 0.221 e. The van der Waals surface area contributed by atoms with E-state index in [0.717, 1.165) is 31.7 Å². The number of nitrogens with two attached hydrogens (primary N) is 1. The van der Waals surface area contributed by atoms with Crippen molar-refractivity contribution in [3.8, 4) is 10.4 Å². The maximum absolute atomic E-state index is 11.2. The first-order valence-corrected chi connectivity index (χ1v) is 8.02. The number of aryl methyl sites for hydroxylation is 1. The summed E-state index contributed by atoms with van der Waals surface area (Å²) < 4.78 is 0. The average molecular weight is 301 g/mol. The largest absolute Gasteiger partial charge is 0.369 e. The van der Waals surface area contributed by atoms with Crippen LogP contribution in [0.4, 0.5) is 0 Å². The number of nitrogens with zero attached hydrogens (tertiary/aromatic N) is 2. The molecule has 1 aromatic carbocycles. The first-order valence-electron chi connectivity index (χ1n) is 7.14. The highest BCUT2D eigenvalue weighted by Gasteiger charge is 2.26. The van der Waals surface area contributed by atoms with E-state index in [1.165, 1.54) is 16.0 Å². The van der Waals surface area contributed by atoms with Crippen LogP contribution in [0.5, 0.6) is 0 Å². The Morgan fingerprint density at radius 3 is 2.76 bits per heavy atom. The number of benzene rings is 1. The van der Waals surface area contributed by atoms with E-state index in [2.05, 4.69) is 34.1 Å². The highest BCUT2D eigenvalue weighted by Crippen LogP contribution is 2.27. The monoisotopic (exact) mass is 301 g/mol. The summed E-state index contributed by atoms with van der Waals surface area (Å²) in [7, 11) is 0. The molecule has 0 aliphatic carbocycles.